The van der Waals surface area contributed by atoms with E-state index in [0.717, 1.165) is 19.0 Å². The molecule has 0 aliphatic heterocycles. The van der Waals surface area contributed by atoms with Crippen LogP contribution in [0.2, 0.25) is 0 Å². The second-order valence-electron chi connectivity index (χ2n) is 6.80. The SMILES string of the molecule is CC1(C)CCCCC1c1nnc(CCNC2CC2)s1. The van der Waals surface area contributed by atoms with Gasteiger partial charge in [-0.05, 0) is 31.1 Å². The van der Waals surface area contributed by atoms with Crippen LogP contribution < -0.4 is 5.32 Å². The van der Waals surface area contributed by atoms with Crippen LogP contribution in [0.1, 0.15) is 68.3 Å². The predicted molar refractivity (Wildman–Crippen MR) is 79.6 cm³/mol. The fourth-order valence-corrected chi connectivity index (χ4v) is 4.32. The zero-order chi connectivity index (χ0) is 13.3. The van der Waals surface area contributed by atoms with Gasteiger partial charge in [-0.25, -0.2) is 0 Å². The highest BCUT2D eigenvalue weighted by Gasteiger charge is 2.35. The third-order valence-electron chi connectivity index (χ3n) is 4.64. The Morgan fingerprint density at radius 1 is 1.21 bits per heavy atom. The Morgan fingerprint density at radius 3 is 2.79 bits per heavy atom. The summed E-state index contributed by atoms with van der Waals surface area (Å²) in [6.07, 6.45) is 9.11. The molecule has 1 N–H and O–H groups in total. The number of aromatic nitrogens is 2. The van der Waals surface area contributed by atoms with Gasteiger partial charge in [0, 0.05) is 24.9 Å². The van der Waals surface area contributed by atoms with Crippen molar-refractivity contribution in [3.8, 4) is 0 Å². The Hall–Kier alpha value is -0.480. The molecule has 1 aromatic rings. The van der Waals surface area contributed by atoms with Gasteiger partial charge in [-0.1, -0.05) is 26.7 Å². The number of hydrogen-bond donors (Lipinski definition) is 1. The maximum atomic E-state index is 4.49. The summed E-state index contributed by atoms with van der Waals surface area (Å²) in [6, 6.07) is 0.796. The molecule has 2 aliphatic rings. The van der Waals surface area contributed by atoms with Gasteiger partial charge in [-0.2, -0.15) is 0 Å². The first-order valence-corrected chi connectivity index (χ1v) is 8.52. The molecule has 3 nitrogen and oxygen atoms in total. The average molecular weight is 279 g/mol. The van der Waals surface area contributed by atoms with Crippen LogP contribution in [0.5, 0.6) is 0 Å². The second kappa shape index (κ2) is 5.49. The molecule has 0 saturated heterocycles. The smallest absolute Gasteiger partial charge is 0.121 e. The molecule has 0 bridgehead atoms. The van der Waals surface area contributed by atoms with E-state index in [1.807, 2.05) is 11.3 Å². The number of rotatable bonds is 5. The molecule has 1 aromatic heterocycles. The van der Waals surface area contributed by atoms with Crippen LogP contribution in [-0.4, -0.2) is 22.8 Å². The van der Waals surface area contributed by atoms with E-state index >= 15 is 0 Å². The monoisotopic (exact) mass is 279 g/mol. The van der Waals surface area contributed by atoms with Crippen molar-refractivity contribution in [2.45, 2.75) is 70.8 Å². The molecular weight excluding hydrogens is 254 g/mol. The van der Waals surface area contributed by atoms with E-state index in [9.17, 15) is 0 Å². The van der Waals surface area contributed by atoms with Crippen molar-refractivity contribution >= 4 is 11.3 Å². The van der Waals surface area contributed by atoms with Crippen molar-refractivity contribution in [1.29, 1.82) is 0 Å². The van der Waals surface area contributed by atoms with Crippen LogP contribution in [0.4, 0.5) is 0 Å². The van der Waals surface area contributed by atoms with Crippen molar-refractivity contribution < 1.29 is 0 Å². The van der Waals surface area contributed by atoms with Crippen molar-refractivity contribution in [1.82, 2.24) is 15.5 Å². The maximum Gasteiger partial charge on any atom is 0.121 e. The third-order valence-corrected chi connectivity index (χ3v) is 5.73. The van der Waals surface area contributed by atoms with E-state index in [-0.39, 0.29) is 0 Å². The summed E-state index contributed by atoms with van der Waals surface area (Å²) in [5, 5.41) is 14.9. The molecule has 19 heavy (non-hydrogen) atoms. The molecule has 1 heterocycles. The van der Waals surface area contributed by atoms with E-state index in [0.29, 0.717) is 11.3 Å². The van der Waals surface area contributed by atoms with E-state index in [4.69, 9.17) is 0 Å². The van der Waals surface area contributed by atoms with Crippen LogP contribution in [-0.2, 0) is 6.42 Å². The summed E-state index contributed by atoms with van der Waals surface area (Å²) < 4.78 is 0. The minimum atomic E-state index is 0.404. The Bertz CT molecular complexity index is 423. The molecule has 106 valence electrons. The number of nitrogens with zero attached hydrogens (tertiary/aromatic N) is 2. The highest BCUT2D eigenvalue weighted by atomic mass is 32.1. The van der Waals surface area contributed by atoms with Crippen LogP contribution in [0, 0.1) is 5.41 Å². The lowest BCUT2D eigenvalue weighted by Crippen LogP contribution is -2.25. The number of hydrogen-bond acceptors (Lipinski definition) is 4. The van der Waals surface area contributed by atoms with Crippen molar-refractivity contribution in [3.05, 3.63) is 10.0 Å². The highest BCUT2D eigenvalue weighted by Crippen LogP contribution is 2.47. The zero-order valence-corrected chi connectivity index (χ0v) is 12.9. The Labute approximate surface area is 120 Å². The summed E-state index contributed by atoms with van der Waals surface area (Å²) in [4.78, 5) is 0. The highest BCUT2D eigenvalue weighted by molar-refractivity contribution is 7.11. The quantitative estimate of drug-likeness (QED) is 0.896. The lowest BCUT2D eigenvalue weighted by atomic mass is 9.69. The lowest BCUT2D eigenvalue weighted by molar-refractivity contribution is 0.198. The Kier molecular flexibility index (Phi) is 3.90. The lowest BCUT2D eigenvalue weighted by Gasteiger charge is -2.37. The fraction of sp³-hybridized carbons (Fsp3) is 0.867. The third kappa shape index (κ3) is 3.34. The van der Waals surface area contributed by atoms with Gasteiger partial charge in [0.05, 0.1) is 0 Å². The molecule has 0 spiro atoms. The summed E-state index contributed by atoms with van der Waals surface area (Å²) in [5.41, 5.74) is 0.404. The van der Waals surface area contributed by atoms with E-state index in [1.54, 1.807) is 0 Å². The molecule has 1 unspecified atom stereocenters. The van der Waals surface area contributed by atoms with Crippen molar-refractivity contribution in [2.75, 3.05) is 6.54 Å². The van der Waals surface area contributed by atoms with Crippen LogP contribution in [0.25, 0.3) is 0 Å². The molecular formula is C15H25N3S. The largest absolute Gasteiger partial charge is 0.314 e. The first-order valence-electron chi connectivity index (χ1n) is 7.71. The normalized spacial score (nSPS) is 26.5. The van der Waals surface area contributed by atoms with Gasteiger partial charge >= 0.3 is 0 Å². The average Bonchev–Trinajstić information content (AvgIpc) is 3.07. The minimum Gasteiger partial charge on any atom is -0.314 e. The summed E-state index contributed by atoms with van der Waals surface area (Å²) in [5.74, 6) is 0.629. The first kappa shape index (κ1) is 13.5. The molecule has 2 saturated carbocycles. The minimum absolute atomic E-state index is 0.404. The fourth-order valence-electron chi connectivity index (χ4n) is 3.13. The Balaban J connectivity index is 1.59. The molecule has 0 radical (unpaired) electrons. The second-order valence-corrected chi connectivity index (χ2v) is 7.89. The Morgan fingerprint density at radius 2 is 2.05 bits per heavy atom. The van der Waals surface area contributed by atoms with E-state index < -0.39 is 0 Å². The van der Waals surface area contributed by atoms with Gasteiger partial charge < -0.3 is 5.32 Å². The molecule has 2 fully saturated rings. The van der Waals surface area contributed by atoms with Gasteiger partial charge in [0.25, 0.3) is 0 Å². The molecule has 2 aliphatic carbocycles. The molecule has 0 aromatic carbocycles. The molecule has 0 amide bonds. The van der Waals surface area contributed by atoms with Gasteiger partial charge in [-0.3, -0.25) is 0 Å². The maximum absolute atomic E-state index is 4.49. The van der Waals surface area contributed by atoms with Crippen LogP contribution in [0.15, 0.2) is 0 Å². The zero-order valence-electron chi connectivity index (χ0n) is 12.1. The summed E-state index contributed by atoms with van der Waals surface area (Å²) in [7, 11) is 0. The topological polar surface area (TPSA) is 37.8 Å². The molecule has 1 atom stereocenters. The molecule has 4 heteroatoms. The van der Waals surface area contributed by atoms with Crippen molar-refractivity contribution in [2.24, 2.45) is 5.41 Å². The van der Waals surface area contributed by atoms with Gasteiger partial charge in [-0.15, -0.1) is 21.5 Å². The van der Waals surface area contributed by atoms with Crippen molar-refractivity contribution in [3.63, 3.8) is 0 Å². The standard InChI is InChI=1S/C15H25N3S/c1-15(2)9-4-3-5-12(15)14-18-17-13(19-14)8-10-16-11-6-7-11/h11-12,16H,3-10H2,1-2H3. The summed E-state index contributed by atoms with van der Waals surface area (Å²) >= 11 is 1.85. The predicted octanol–water partition coefficient (Wildman–Crippen LogP) is 3.52. The van der Waals surface area contributed by atoms with Gasteiger partial charge in [0.15, 0.2) is 0 Å². The van der Waals surface area contributed by atoms with E-state index in [2.05, 4.69) is 29.4 Å². The first-order chi connectivity index (χ1) is 9.15. The van der Waals surface area contributed by atoms with E-state index in [1.165, 1.54) is 48.5 Å². The van der Waals surface area contributed by atoms with Gasteiger partial charge in [0.1, 0.15) is 10.0 Å². The molecule has 3 rings (SSSR count). The number of nitrogens with one attached hydrogen (secondary N) is 1. The van der Waals surface area contributed by atoms with Crippen LogP contribution >= 0.6 is 11.3 Å². The van der Waals surface area contributed by atoms with Crippen LogP contribution in [0.3, 0.4) is 0 Å². The summed E-state index contributed by atoms with van der Waals surface area (Å²) in [6.45, 7) is 5.85. The van der Waals surface area contributed by atoms with Gasteiger partial charge in [0.2, 0.25) is 0 Å².